The lowest BCUT2D eigenvalue weighted by Crippen LogP contribution is -2.23. The molecule has 108 valence electrons. The third-order valence-corrected chi connectivity index (χ3v) is 4.93. The van der Waals surface area contributed by atoms with E-state index < -0.39 is 0 Å². The summed E-state index contributed by atoms with van der Waals surface area (Å²) < 4.78 is 0. The molecule has 0 bridgehead atoms. The second kappa shape index (κ2) is 7.82. The van der Waals surface area contributed by atoms with Crippen LogP contribution in [0.2, 0.25) is 5.02 Å². The van der Waals surface area contributed by atoms with Crippen molar-refractivity contribution in [3.8, 4) is 0 Å². The smallest absolute Gasteiger partial charge is 0.0438 e. The van der Waals surface area contributed by atoms with Gasteiger partial charge in [0, 0.05) is 15.9 Å². The van der Waals surface area contributed by atoms with Crippen LogP contribution in [0.15, 0.2) is 35.7 Å². The third-order valence-electron chi connectivity index (χ3n) is 3.59. The van der Waals surface area contributed by atoms with Crippen molar-refractivity contribution >= 4 is 22.9 Å². The van der Waals surface area contributed by atoms with Gasteiger partial charge in [-0.25, -0.2) is 0 Å². The van der Waals surface area contributed by atoms with Gasteiger partial charge in [-0.15, -0.1) is 11.3 Å². The molecule has 0 radical (unpaired) electrons. The van der Waals surface area contributed by atoms with E-state index in [2.05, 4.69) is 48.8 Å². The maximum Gasteiger partial charge on any atom is 0.0438 e. The van der Waals surface area contributed by atoms with Gasteiger partial charge in [0.15, 0.2) is 0 Å². The summed E-state index contributed by atoms with van der Waals surface area (Å²) in [5.74, 6) is 0. The summed E-state index contributed by atoms with van der Waals surface area (Å²) in [5.41, 5.74) is 2.54. The molecule has 2 rings (SSSR count). The number of halogens is 1. The molecule has 2 aromatic rings. The standard InChI is InChI=1S/C17H22ClNS/c1-3-11-19-17(10-9-14-6-5-12-20-14)15-7-4-8-16(18)13(15)2/h4-8,12,17,19H,3,9-11H2,1-2H3. The first-order valence-corrected chi connectivity index (χ1v) is 8.49. The Morgan fingerprint density at radius 3 is 2.80 bits per heavy atom. The van der Waals surface area contributed by atoms with Gasteiger partial charge in [-0.3, -0.25) is 0 Å². The molecule has 0 spiro atoms. The Kier molecular flexibility index (Phi) is 6.08. The van der Waals surface area contributed by atoms with Crippen LogP contribution >= 0.6 is 22.9 Å². The Morgan fingerprint density at radius 2 is 2.10 bits per heavy atom. The van der Waals surface area contributed by atoms with Crippen molar-refractivity contribution in [3.05, 3.63) is 56.7 Å². The first-order valence-electron chi connectivity index (χ1n) is 7.23. The topological polar surface area (TPSA) is 12.0 Å². The van der Waals surface area contributed by atoms with Crippen molar-refractivity contribution < 1.29 is 0 Å². The lowest BCUT2D eigenvalue weighted by atomic mass is 9.97. The average Bonchev–Trinajstić information content (AvgIpc) is 2.96. The van der Waals surface area contributed by atoms with Crippen molar-refractivity contribution in [2.24, 2.45) is 0 Å². The molecule has 1 nitrogen and oxygen atoms in total. The van der Waals surface area contributed by atoms with E-state index in [1.807, 2.05) is 17.4 Å². The van der Waals surface area contributed by atoms with Gasteiger partial charge >= 0.3 is 0 Å². The summed E-state index contributed by atoms with van der Waals surface area (Å²) in [7, 11) is 0. The van der Waals surface area contributed by atoms with E-state index in [-0.39, 0.29) is 0 Å². The van der Waals surface area contributed by atoms with Crippen molar-refractivity contribution in [3.63, 3.8) is 0 Å². The molecule has 20 heavy (non-hydrogen) atoms. The van der Waals surface area contributed by atoms with Gasteiger partial charge in [0.2, 0.25) is 0 Å². The molecule has 0 amide bonds. The van der Waals surface area contributed by atoms with E-state index >= 15 is 0 Å². The van der Waals surface area contributed by atoms with Gasteiger partial charge in [-0.05, 0) is 61.4 Å². The van der Waals surface area contributed by atoms with Crippen LogP contribution in [0.25, 0.3) is 0 Å². The van der Waals surface area contributed by atoms with Crippen LogP contribution in [0.1, 0.15) is 41.8 Å². The molecule has 1 heterocycles. The molecule has 1 unspecified atom stereocenters. The van der Waals surface area contributed by atoms with Crippen LogP contribution in [-0.4, -0.2) is 6.54 Å². The predicted octanol–water partition coefficient (Wildman–Crippen LogP) is 5.38. The Hall–Kier alpha value is -0.830. The highest BCUT2D eigenvalue weighted by molar-refractivity contribution is 7.09. The maximum atomic E-state index is 6.27. The van der Waals surface area contributed by atoms with Crippen molar-refractivity contribution in [1.82, 2.24) is 5.32 Å². The second-order valence-electron chi connectivity index (χ2n) is 5.08. The number of nitrogens with one attached hydrogen (secondary N) is 1. The van der Waals surface area contributed by atoms with Gasteiger partial charge in [0.25, 0.3) is 0 Å². The zero-order chi connectivity index (χ0) is 14.4. The van der Waals surface area contributed by atoms with Gasteiger partial charge in [-0.2, -0.15) is 0 Å². The summed E-state index contributed by atoms with van der Waals surface area (Å²) >= 11 is 8.10. The number of rotatable bonds is 7. The van der Waals surface area contributed by atoms with E-state index in [0.717, 1.165) is 30.8 Å². The molecule has 1 aromatic heterocycles. The molecule has 0 saturated carbocycles. The molecule has 0 fully saturated rings. The molecule has 3 heteroatoms. The van der Waals surface area contributed by atoms with Gasteiger partial charge in [0.1, 0.15) is 0 Å². The van der Waals surface area contributed by atoms with E-state index in [1.54, 1.807) is 0 Å². The normalized spacial score (nSPS) is 12.6. The maximum absolute atomic E-state index is 6.27. The molecule has 0 aliphatic heterocycles. The first-order chi connectivity index (χ1) is 9.72. The summed E-state index contributed by atoms with van der Waals surface area (Å²) in [6.45, 7) is 5.36. The minimum Gasteiger partial charge on any atom is -0.310 e. The third kappa shape index (κ3) is 4.08. The summed E-state index contributed by atoms with van der Waals surface area (Å²) in [6, 6.07) is 10.9. The molecule has 1 N–H and O–H groups in total. The lowest BCUT2D eigenvalue weighted by molar-refractivity contribution is 0.499. The largest absolute Gasteiger partial charge is 0.310 e. The minimum atomic E-state index is 0.385. The molecular formula is C17H22ClNS. The number of aryl methyl sites for hydroxylation is 1. The van der Waals surface area contributed by atoms with Gasteiger partial charge in [-0.1, -0.05) is 36.7 Å². The van der Waals surface area contributed by atoms with E-state index in [0.29, 0.717) is 6.04 Å². The second-order valence-corrected chi connectivity index (χ2v) is 6.52. The number of benzene rings is 1. The summed E-state index contributed by atoms with van der Waals surface area (Å²) in [4.78, 5) is 1.45. The fourth-order valence-corrected chi connectivity index (χ4v) is 3.34. The Morgan fingerprint density at radius 1 is 1.25 bits per heavy atom. The van der Waals surface area contributed by atoms with Crippen LogP contribution in [0.4, 0.5) is 0 Å². The highest BCUT2D eigenvalue weighted by Gasteiger charge is 2.14. The average molecular weight is 308 g/mol. The number of hydrogen-bond donors (Lipinski definition) is 1. The zero-order valence-electron chi connectivity index (χ0n) is 12.2. The van der Waals surface area contributed by atoms with Crippen LogP contribution in [0, 0.1) is 6.92 Å². The van der Waals surface area contributed by atoms with Gasteiger partial charge < -0.3 is 5.32 Å². The van der Waals surface area contributed by atoms with Crippen molar-refractivity contribution in [1.29, 1.82) is 0 Å². The van der Waals surface area contributed by atoms with Crippen LogP contribution in [0.3, 0.4) is 0 Å². The zero-order valence-corrected chi connectivity index (χ0v) is 13.7. The monoisotopic (exact) mass is 307 g/mol. The van der Waals surface area contributed by atoms with Crippen molar-refractivity contribution in [2.45, 2.75) is 39.2 Å². The number of hydrogen-bond acceptors (Lipinski definition) is 2. The molecule has 0 aliphatic carbocycles. The SMILES string of the molecule is CCCNC(CCc1cccs1)c1cccc(Cl)c1C. The minimum absolute atomic E-state index is 0.385. The van der Waals surface area contributed by atoms with Crippen molar-refractivity contribution in [2.75, 3.05) is 6.54 Å². The Bertz CT molecular complexity index is 522. The van der Waals surface area contributed by atoms with Crippen LogP contribution in [0.5, 0.6) is 0 Å². The lowest BCUT2D eigenvalue weighted by Gasteiger charge is -2.21. The number of thiophene rings is 1. The summed E-state index contributed by atoms with van der Waals surface area (Å²) in [6.07, 6.45) is 3.38. The van der Waals surface area contributed by atoms with E-state index in [9.17, 15) is 0 Å². The Labute approximate surface area is 131 Å². The van der Waals surface area contributed by atoms with Crippen LogP contribution in [-0.2, 0) is 6.42 Å². The molecule has 0 saturated heterocycles. The van der Waals surface area contributed by atoms with E-state index in [4.69, 9.17) is 11.6 Å². The highest BCUT2D eigenvalue weighted by Crippen LogP contribution is 2.27. The van der Waals surface area contributed by atoms with Gasteiger partial charge in [0.05, 0.1) is 0 Å². The first kappa shape index (κ1) is 15.6. The predicted molar refractivity (Wildman–Crippen MR) is 89.9 cm³/mol. The quantitative estimate of drug-likeness (QED) is 0.723. The summed E-state index contributed by atoms with van der Waals surface area (Å²) in [5, 5.41) is 6.67. The fraction of sp³-hybridized carbons (Fsp3) is 0.412. The molecule has 1 aromatic carbocycles. The van der Waals surface area contributed by atoms with E-state index in [1.165, 1.54) is 16.0 Å². The highest BCUT2D eigenvalue weighted by atomic mass is 35.5. The molecule has 0 aliphatic rings. The molecule has 1 atom stereocenters. The van der Waals surface area contributed by atoms with Crippen LogP contribution < -0.4 is 5.32 Å². The Balaban J connectivity index is 2.11. The fourth-order valence-electron chi connectivity index (χ4n) is 2.43. The molecular weight excluding hydrogens is 286 g/mol.